The Hall–Kier alpha value is -3.24. The predicted octanol–water partition coefficient (Wildman–Crippen LogP) is 3.72. The van der Waals surface area contributed by atoms with Crippen LogP contribution in [0.1, 0.15) is 56.3 Å². The highest BCUT2D eigenvalue weighted by Gasteiger charge is 2.29. The zero-order valence-electron chi connectivity index (χ0n) is 20.4. The number of nitrogens with zero attached hydrogens (tertiary/aromatic N) is 5. The molecule has 0 spiro atoms. The molecule has 2 aromatic rings. The molecular formula is C24H32FN5O5. The Bertz CT molecular complexity index is 1090. The lowest BCUT2D eigenvalue weighted by Crippen LogP contribution is -2.34. The third-order valence-corrected chi connectivity index (χ3v) is 6.94. The third kappa shape index (κ3) is 5.88. The molecule has 0 aliphatic heterocycles. The minimum atomic E-state index is -0.820. The van der Waals surface area contributed by atoms with E-state index >= 15 is 4.39 Å². The molecule has 190 valence electrons. The highest BCUT2D eigenvalue weighted by Crippen LogP contribution is 2.34. The van der Waals surface area contributed by atoms with Gasteiger partial charge in [-0.15, -0.1) is 5.10 Å². The number of aromatic nitrogens is 4. The van der Waals surface area contributed by atoms with Crippen molar-refractivity contribution in [3.05, 3.63) is 23.3 Å². The number of rotatable bonds is 9. The number of carboxylic acids is 1. The van der Waals surface area contributed by atoms with E-state index in [2.05, 4.69) is 15.3 Å². The predicted molar refractivity (Wildman–Crippen MR) is 123 cm³/mol. The molecule has 0 saturated heterocycles. The number of halogens is 1. The van der Waals surface area contributed by atoms with Crippen molar-refractivity contribution in [3.8, 4) is 17.1 Å². The van der Waals surface area contributed by atoms with Crippen LogP contribution < -0.4 is 4.74 Å². The van der Waals surface area contributed by atoms with Gasteiger partial charge in [-0.1, -0.05) is 11.6 Å². The molecule has 0 bridgehead atoms. The summed E-state index contributed by atoms with van der Waals surface area (Å²) in [6.45, 7) is 2.26. The largest absolute Gasteiger partial charge is 0.488 e. The number of hydrogen-bond acceptors (Lipinski definition) is 7. The van der Waals surface area contributed by atoms with Crippen molar-refractivity contribution in [2.45, 2.75) is 64.6 Å². The average Bonchev–Trinajstić information content (AvgIpc) is 3.36. The van der Waals surface area contributed by atoms with Crippen LogP contribution in [0.3, 0.4) is 0 Å². The van der Waals surface area contributed by atoms with E-state index in [-0.39, 0.29) is 36.4 Å². The molecule has 1 N–H and O–H groups in total. The van der Waals surface area contributed by atoms with Crippen LogP contribution in [0.5, 0.6) is 5.75 Å². The number of amides is 1. The van der Waals surface area contributed by atoms with Gasteiger partial charge in [0.2, 0.25) is 0 Å². The van der Waals surface area contributed by atoms with Gasteiger partial charge in [-0.05, 0) is 50.9 Å². The van der Waals surface area contributed by atoms with Crippen LogP contribution in [0.25, 0.3) is 11.4 Å². The van der Waals surface area contributed by atoms with Gasteiger partial charge >= 0.3 is 12.1 Å². The van der Waals surface area contributed by atoms with E-state index in [0.717, 1.165) is 25.7 Å². The summed E-state index contributed by atoms with van der Waals surface area (Å²) in [5, 5.41) is 17.0. The van der Waals surface area contributed by atoms with Gasteiger partial charge in [0, 0.05) is 33.1 Å². The quantitative estimate of drug-likeness (QED) is 0.566. The first-order valence-electron chi connectivity index (χ1n) is 12.0. The number of hydrogen-bond donors (Lipinski definition) is 1. The lowest BCUT2D eigenvalue weighted by atomic mass is 9.85. The second-order valence-electron chi connectivity index (χ2n) is 9.66. The van der Waals surface area contributed by atoms with E-state index < -0.39 is 17.9 Å². The first-order valence-corrected chi connectivity index (χ1v) is 12.0. The van der Waals surface area contributed by atoms with Crippen molar-refractivity contribution < 1.29 is 28.6 Å². The molecule has 1 amide bonds. The summed E-state index contributed by atoms with van der Waals surface area (Å²) in [6.07, 6.45) is 5.04. The number of aliphatic carboxylic acids is 1. The Balaban J connectivity index is 1.43. The molecule has 2 saturated carbocycles. The zero-order valence-corrected chi connectivity index (χ0v) is 20.4. The summed E-state index contributed by atoms with van der Waals surface area (Å²) in [4.78, 5) is 29.3. The maximum absolute atomic E-state index is 15.1. The van der Waals surface area contributed by atoms with Gasteiger partial charge in [0.1, 0.15) is 29.4 Å². The fraction of sp³-hybridized carbons (Fsp3) is 0.625. The van der Waals surface area contributed by atoms with Crippen molar-refractivity contribution >= 4 is 12.1 Å². The van der Waals surface area contributed by atoms with Crippen molar-refractivity contribution in [2.24, 2.45) is 18.9 Å². The molecule has 4 rings (SSSR count). The third-order valence-electron chi connectivity index (χ3n) is 6.94. The van der Waals surface area contributed by atoms with Crippen molar-refractivity contribution in [1.82, 2.24) is 24.9 Å². The number of carboxylic acid groups (broad SMARTS) is 1. The number of pyridine rings is 1. The summed E-state index contributed by atoms with van der Waals surface area (Å²) in [5.74, 6) is -0.537. The average molecular weight is 490 g/mol. The lowest BCUT2D eigenvalue weighted by molar-refractivity contribution is -0.138. The molecule has 2 heterocycles. The minimum absolute atomic E-state index is 0.00648. The highest BCUT2D eigenvalue weighted by atomic mass is 19.1. The fourth-order valence-electron chi connectivity index (χ4n) is 4.70. The van der Waals surface area contributed by atoms with Crippen LogP contribution in [0.2, 0.25) is 0 Å². The van der Waals surface area contributed by atoms with E-state index in [1.165, 1.54) is 17.2 Å². The van der Waals surface area contributed by atoms with E-state index in [1.54, 1.807) is 25.9 Å². The van der Waals surface area contributed by atoms with Gasteiger partial charge in [-0.2, -0.15) is 0 Å². The molecule has 2 aromatic heterocycles. The number of carbonyl (C=O) groups is 2. The Labute approximate surface area is 203 Å². The molecule has 2 fully saturated rings. The maximum atomic E-state index is 15.1. The summed E-state index contributed by atoms with van der Waals surface area (Å²) in [5.41, 5.74) is 1.13. The Morgan fingerprint density at radius 1 is 1.23 bits per heavy atom. The standard InChI is InChI=1S/C24H32FN5O5/c1-14-20(35-17-8-7-16(9-17)10-21(31)32)11-18(25)22(26-14)23-19(30(3)28-27-23)13-34-24(33)29(2)12-15-5-4-6-15/h11,15-17H,4-10,12-13H2,1-3H3,(H,31,32)/t16-,17-/m0/s1. The second-order valence-corrected chi connectivity index (χ2v) is 9.66. The van der Waals surface area contributed by atoms with Crippen LogP contribution in [0, 0.1) is 24.6 Å². The Morgan fingerprint density at radius 2 is 2.00 bits per heavy atom. The Morgan fingerprint density at radius 3 is 2.69 bits per heavy atom. The van der Waals surface area contributed by atoms with Crippen molar-refractivity contribution in [2.75, 3.05) is 13.6 Å². The smallest absolute Gasteiger partial charge is 0.409 e. The van der Waals surface area contributed by atoms with E-state index in [1.807, 2.05) is 0 Å². The molecule has 0 aromatic carbocycles. The first-order chi connectivity index (χ1) is 16.7. The van der Waals surface area contributed by atoms with Crippen LogP contribution >= 0.6 is 0 Å². The molecule has 11 heteroatoms. The molecule has 0 unspecified atom stereocenters. The van der Waals surface area contributed by atoms with E-state index in [0.29, 0.717) is 36.0 Å². The van der Waals surface area contributed by atoms with Crippen LogP contribution in [0.4, 0.5) is 9.18 Å². The molecule has 2 aliphatic carbocycles. The second kappa shape index (κ2) is 10.6. The fourth-order valence-corrected chi connectivity index (χ4v) is 4.70. The molecule has 10 nitrogen and oxygen atoms in total. The molecule has 2 atom stereocenters. The van der Waals surface area contributed by atoms with Gasteiger partial charge in [-0.25, -0.2) is 18.9 Å². The van der Waals surface area contributed by atoms with Gasteiger partial charge in [0.15, 0.2) is 5.82 Å². The van der Waals surface area contributed by atoms with Gasteiger partial charge < -0.3 is 19.5 Å². The zero-order chi connectivity index (χ0) is 25.1. The number of aryl methyl sites for hydroxylation is 2. The lowest BCUT2D eigenvalue weighted by Gasteiger charge is -2.29. The molecule has 2 aliphatic rings. The van der Waals surface area contributed by atoms with Crippen LogP contribution in [0.15, 0.2) is 6.07 Å². The summed E-state index contributed by atoms with van der Waals surface area (Å²) >= 11 is 0. The van der Waals surface area contributed by atoms with Crippen LogP contribution in [-0.4, -0.2) is 61.7 Å². The normalized spacial score (nSPS) is 19.9. The minimum Gasteiger partial charge on any atom is -0.488 e. The van der Waals surface area contributed by atoms with E-state index in [9.17, 15) is 9.59 Å². The molecular weight excluding hydrogens is 457 g/mol. The van der Waals surface area contributed by atoms with Crippen molar-refractivity contribution in [1.29, 1.82) is 0 Å². The van der Waals surface area contributed by atoms with E-state index in [4.69, 9.17) is 14.6 Å². The monoisotopic (exact) mass is 489 g/mol. The summed E-state index contributed by atoms with van der Waals surface area (Å²) in [6, 6.07) is 1.28. The van der Waals surface area contributed by atoms with Gasteiger partial charge in [0.05, 0.1) is 11.8 Å². The Kier molecular flexibility index (Phi) is 7.51. The molecule has 35 heavy (non-hydrogen) atoms. The van der Waals surface area contributed by atoms with Gasteiger partial charge in [-0.3, -0.25) is 4.79 Å². The maximum Gasteiger partial charge on any atom is 0.409 e. The summed E-state index contributed by atoms with van der Waals surface area (Å²) < 4.78 is 28.0. The number of ether oxygens (including phenoxy) is 2. The van der Waals surface area contributed by atoms with Crippen LogP contribution in [-0.2, 0) is 23.2 Å². The number of carbonyl (C=O) groups excluding carboxylic acids is 1. The summed E-state index contributed by atoms with van der Waals surface area (Å²) in [7, 11) is 3.36. The topological polar surface area (TPSA) is 120 Å². The van der Waals surface area contributed by atoms with Gasteiger partial charge in [0.25, 0.3) is 0 Å². The highest BCUT2D eigenvalue weighted by molar-refractivity contribution is 5.68. The molecule has 0 radical (unpaired) electrons. The first kappa shape index (κ1) is 24.9. The SMILES string of the molecule is Cc1nc(-c2nnn(C)c2COC(=O)N(C)CC2CCC2)c(F)cc1O[C@H]1CC[C@H](CC(=O)O)C1. The van der Waals surface area contributed by atoms with Crippen molar-refractivity contribution in [3.63, 3.8) is 0 Å².